The van der Waals surface area contributed by atoms with Crippen molar-refractivity contribution < 1.29 is 27.1 Å². The molecule has 0 saturated carbocycles. The molecule has 2 aliphatic rings. The zero-order valence-corrected chi connectivity index (χ0v) is 23.1. The van der Waals surface area contributed by atoms with E-state index >= 15 is 4.39 Å². The average Bonchev–Trinajstić information content (AvgIpc) is 3.65. The van der Waals surface area contributed by atoms with Gasteiger partial charge < -0.3 is 10.0 Å². The van der Waals surface area contributed by atoms with Gasteiger partial charge in [0.25, 0.3) is 0 Å². The van der Waals surface area contributed by atoms with E-state index in [-0.39, 0.29) is 25.2 Å². The van der Waals surface area contributed by atoms with Crippen LogP contribution in [0.1, 0.15) is 5.56 Å². The lowest BCUT2D eigenvalue weighted by atomic mass is 9.93. The van der Waals surface area contributed by atoms with Crippen LogP contribution in [-0.4, -0.2) is 77.3 Å². The van der Waals surface area contributed by atoms with Crippen molar-refractivity contribution in [2.24, 2.45) is 0 Å². The van der Waals surface area contributed by atoms with Crippen molar-refractivity contribution in [3.63, 3.8) is 0 Å². The van der Waals surface area contributed by atoms with E-state index in [0.29, 0.717) is 24.8 Å². The average molecular weight is 615 g/mol. The Labute approximate surface area is 247 Å². The molecule has 4 aromatic rings. The Balaban J connectivity index is 1.17. The Morgan fingerprint density at radius 3 is 2.36 bits per heavy atom. The van der Waals surface area contributed by atoms with Crippen molar-refractivity contribution in [3.05, 3.63) is 113 Å². The van der Waals surface area contributed by atoms with Gasteiger partial charge in [-0.25, -0.2) is 45.7 Å². The van der Waals surface area contributed by atoms with E-state index in [0.717, 1.165) is 34.7 Å². The molecule has 2 aromatic heterocycles. The first-order valence-electron chi connectivity index (χ1n) is 13.7. The Morgan fingerprint density at radius 1 is 0.955 bits per heavy atom. The summed E-state index contributed by atoms with van der Waals surface area (Å²) in [6, 6.07) is 9.62. The molecule has 3 heterocycles. The SMILES string of the molecule is O=c1n(-c2ccc(N3CCN(C4(F)C=CC=C(F)C4F)CC3)cc2)cnn1CC(O)(Cn1cncn1)c1ccc(F)cc1F. The van der Waals surface area contributed by atoms with E-state index in [1.54, 1.807) is 24.3 Å². The van der Waals surface area contributed by atoms with Crippen LogP contribution in [0, 0.1) is 11.6 Å². The standard InChI is InChI=1S/C29H27F5N8O2/c30-20-3-8-23(25(32)14-20)28(44,15-40-18-35-17-36-40)16-42-27(43)41(19-37-42)22-6-4-21(5-7-22)38-10-12-39(13-11-38)29(34)9-1-2-24(31)26(29)33/h1-9,14,17-19,26,44H,10-13,15-16H2. The summed E-state index contributed by atoms with van der Waals surface area (Å²) < 4.78 is 75.2. The summed E-state index contributed by atoms with van der Waals surface area (Å²) in [5.74, 6) is -5.51. The van der Waals surface area contributed by atoms with Gasteiger partial charge in [-0.1, -0.05) is 12.1 Å². The minimum atomic E-state index is -2.54. The molecule has 1 saturated heterocycles. The van der Waals surface area contributed by atoms with Crippen LogP contribution in [0.25, 0.3) is 5.69 Å². The van der Waals surface area contributed by atoms with Gasteiger partial charge in [-0.15, -0.1) is 0 Å². The predicted octanol–water partition coefficient (Wildman–Crippen LogP) is 3.04. The van der Waals surface area contributed by atoms with Crippen molar-refractivity contribution in [2.45, 2.75) is 30.7 Å². The summed E-state index contributed by atoms with van der Waals surface area (Å²) in [5.41, 5.74) is -1.69. The molecule has 230 valence electrons. The van der Waals surface area contributed by atoms with Crippen molar-refractivity contribution in [1.29, 1.82) is 0 Å². The van der Waals surface area contributed by atoms with Gasteiger partial charge in [0.15, 0.2) is 0 Å². The van der Waals surface area contributed by atoms with Crippen LogP contribution in [-0.2, 0) is 18.7 Å². The maximum atomic E-state index is 15.3. The zero-order valence-electron chi connectivity index (χ0n) is 23.1. The van der Waals surface area contributed by atoms with Gasteiger partial charge in [0.2, 0.25) is 12.0 Å². The molecule has 3 unspecified atom stereocenters. The van der Waals surface area contributed by atoms with Crippen molar-refractivity contribution in [1.82, 2.24) is 34.0 Å². The molecule has 0 amide bonds. The summed E-state index contributed by atoms with van der Waals surface area (Å²) in [6.07, 6.45) is 4.55. The lowest BCUT2D eigenvalue weighted by Crippen LogP contribution is -2.58. The number of hydrogen-bond acceptors (Lipinski definition) is 7. The number of rotatable bonds is 8. The molecule has 6 rings (SSSR count). The number of hydrogen-bond donors (Lipinski definition) is 1. The summed E-state index contributed by atoms with van der Waals surface area (Å²) in [5, 5.41) is 19.6. The van der Waals surface area contributed by atoms with Crippen LogP contribution in [0.5, 0.6) is 0 Å². The highest BCUT2D eigenvalue weighted by Gasteiger charge is 2.47. The maximum absolute atomic E-state index is 15.3. The topological polar surface area (TPSA) is 97.2 Å². The Hall–Kier alpha value is -4.63. The largest absolute Gasteiger partial charge is 0.381 e. The predicted molar refractivity (Wildman–Crippen MR) is 149 cm³/mol. The van der Waals surface area contributed by atoms with Gasteiger partial charge in [0.05, 0.1) is 18.8 Å². The van der Waals surface area contributed by atoms with Gasteiger partial charge >= 0.3 is 5.69 Å². The van der Waals surface area contributed by atoms with Gasteiger partial charge in [0, 0.05) is 43.5 Å². The third kappa shape index (κ3) is 5.43. The molecule has 1 fully saturated rings. The first-order chi connectivity index (χ1) is 21.1. The van der Waals surface area contributed by atoms with Crippen LogP contribution >= 0.6 is 0 Å². The molecule has 1 aliphatic heterocycles. The van der Waals surface area contributed by atoms with Crippen LogP contribution in [0.3, 0.4) is 0 Å². The number of piperazine rings is 1. The maximum Gasteiger partial charge on any atom is 0.350 e. The van der Waals surface area contributed by atoms with Crippen LogP contribution in [0.2, 0.25) is 0 Å². The van der Waals surface area contributed by atoms with Crippen LogP contribution in [0.15, 0.2) is 90.3 Å². The van der Waals surface area contributed by atoms with Gasteiger partial charge in [-0.3, -0.25) is 4.90 Å². The third-order valence-corrected chi connectivity index (χ3v) is 7.91. The van der Waals surface area contributed by atoms with Gasteiger partial charge in [-0.2, -0.15) is 10.2 Å². The number of benzene rings is 2. The Morgan fingerprint density at radius 2 is 1.68 bits per heavy atom. The van der Waals surface area contributed by atoms with E-state index < -0.39 is 47.3 Å². The van der Waals surface area contributed by atoms with Gasteiger partial charge in [0.1, 0.15) is 42.0 Å². The minimum absolute atomic E-state index is 0.161. The highest BCUT2D eigenvalue weighted by Crippen LogP contribution is 2.35. The Bertz CT molecular complexity index is 1750. The van der Waals surface area contributed by atoms with Crippen molar-refractivity contribution in [3.8, 4) is 5.69 Å². The summed E-state index contributed by atoms with van der Waals surface area (Å²) in [4.78, 5) is 20.4. The number of allylic oxidation sites excluding steroid dienone is 2. The van der Waals surface area contributed by atoms with Crippen molar-refractivity contribution in [2.75, 3.05) is 31.1 Å². The normalized spacial score (nSPS) is 22.2. The highest BCUT2D eigenvalue weighted by molar-refractivity contribution is 5.51. The fourth-order valence-electron chi connectivity index (χ4n) is 5.57. The quantitative estimate of drug-likeness (QED) is 0.241. The van der Waals surface area contributed by atoms with E-state index in [4.69, 9.17) is 0 Å². The number of alkyl halides is 2. The highest BCUT2D eigenvalue weighted by atomic mass is 19.2. The van der Waals surface area contributed by atoms with Gasteiger partial charge in [-0.05, 0) is 42.5 Å². The smallest absolute Gasteiger partial charge is 0.350 e. The molecule has 44 heavy (non-hydrogen) atoms. The number of nitrogens with zero attached hydrogens (tertiary/aromatic N) is 8. The summed E-state index contributed by atoms with van der Waals surface area (Å²) in [6.45, 7) is 0.268. The van der Waals surface area contributed by atoms with E-state index in [1.807, 2.05) is 4.90 Å². The fraction of sp³-hybridized carbons (Fsp3) is 0.310. The molecular formula is C29H27F5N8O2. The van der Waals surface area contributed by atoms with Crippen molar-refractivity contribution >= 4 is 5.69 Å². The molecule has 0 spiro atoms. The molecule has 1 aliphatic carbocycles. The van der Waals surface area contributed by atoms with E-state index in [1.165, 1.54) is 39.2 Å². The summed E-state index contributed by atoms with van der Waals surface area (Å²) in [7, 11) is 0. The second-order valence-corrected chi connectivity index (χ2v) is 10.7. The Kier molecular flexibility index (Phi) is 7.67. The number of halogens is 5. The number of anilines is 1. The van der Waals surface area contributed by atoms with Crippen LogP contribution in [0.4, 0.5) is 27.6 Å². The fourth-order valence-corrected chi connectivity index (χ4v) is 5.57. The molecule has 1 N–H and O–H groups in total. The molecule has 15 heteroatoms. The molecule has 3 atom stereocenters. The second-order valence-electron chi connectivity index (χ2n) is 10.7. The van der Waals surface area contributed by atoms with E-state index in [9.17, 15) is 27.5 Å². The first kappa shape index (κ1) is 29.4. The lowest BCUT2D eigenvalue weighted by Gasteiger charge is -2.43. The second kappa shape index (κ2) is 11.5. The summed E-state index contributed by atoms with van der Waals surface area (Å²) >= 11 is 0. The molecule has 0 bridgehead atoms. The minimum Gasteiger partial charge on any atom is -0.381 e. The van der Waals surface area contributed by atoms with E-state index in [2.05, 4.69) is 15.2 Å². The number of aromatic nitrogens is 6. The lowest BCUT2D eigenvalue weighted by molar-refractivity contribution is -0.0524. The molecular weight excluding hydrogens is 587 g/mol. The molecule has 2 aromatic carbocycles. The first-order valence-corrected chi connectivity index (χ1v) is 13.7. The molecule has 0 radical (unpaired) electrons. The van der Waals surface area contributed by atoms with Crippen LogP contribution < -0.4 is 10.6 Å². The zero-order chi connectivity index (χ0) is 31.1. The molecule has 10 nitrogen and oxygen atoms in total. The number of aliphatic hydroxyl groups is 1. The monoisotopic (exact) mass is 614 g/mol. The third-order valence-electron chi connectivity index (χ3n) is 7.91.